The van der Waals surface area contributed by atoms with Crippen molar-refractivity contribution >= 4 is 13.2 Å². The zero-order valence-corrected chi connectivity index (χ0v) is 15.6. The molecule has 0 saturated heterocycles. The van der Waals surface area contributed by atoms with E-state index in [-0.39, 0.29) is 36.5 Å². The van der Waals surface area contributed by atoms with Crippen LogP contribution in [0.1, 0.15) is 41.5 Å². The van der Waals surface area contributed by atoms with E-state index < -0.39 is 14.3 Å². The molecule has 0 aliphatic carbocycles. The van der Waals surface area contributed by atoms with Gasteiger partial charge in [-0.2, -0.15) is 0 Å². The molecule has 0 radical (unpaired) electrons. The van der Waals surface area contributed by atoms with Crippen LogP contribution in [0.4, 0.5) is 13.2 Å². The summed E-state index contributed by atoms with van der Waals surface area (Å²) >= 11 is 0. The van der Waals surface area contributed by atoms with Crippen LogP contribution in [0, 0.1) is 0 Å². The van der Waals surface area contributed by atoms with Gasteiger partial charge in [0.15, 0.2) is 0 Å². The molecule has 0 unspecified atom stereocenters. The summed E-state index contributed by atoms with van der Waals surface area (Å²) in [5.41, 5.74) is 0. The van der Waals surface area contributed by atoms with E-state index in [1.807, 2.05) is 6.07 Å². The first-order chi connectivity index (χ1) is 8.81. The van der Waals surface area contributed by atoms with Crippen molar-refractivity contribution in [3.8, 4) is 5.75 Å². The monoisotopic (exact) mass is 412 g/mol. The van der Waals surface area contributed by atoms with Gasteiger partial charge in [0, 0.05) is 20.4 Å². The number of alkyl halides is 3. The Labute approximate surface area is 140 Å². The standard InChI is InChI=1S/C15H22F3OP.Pd/c1-13(2,3)20(14(4,5)6)12-9-7-8-11(10-12)19-15(16,17)18;/h7-10H,1-6H3;. The van der Waals surface area contributed by atoms with Gasteiger partial charge in [0.25, 0.3) is 0 Å². The molecule has 0 saturated carbocycles. The minimum Gasteiger partial charge on any atom is -0.406 e. The Hall–Kier alpha value is -0.0977. The van der Waals surface area contributed by atoms with E-state index >= 15 is 0 Å². The third-order valence-electron chi connectivity index (χ3n) is 2.65. The second-order valence-corrected chi connectivity index (χ2v) is 10.6. The predicted octanol–water partition coefficient (Wildman–Crippen LogP) is 5.29. The topological polar surface area (TPSA) is 9.23 Å². The molecule has 0 aliphatic rings. The Morgan fingerprint density at radius 3 is 1.76 bits per heavy atom. The number of halogens is 3. The molecule has 1 aromatic carbocycles. The summed E-state index contributed by atoms with van der Waals surface area (Å²) in [5, 5.41) is 0.941. The van der Waals surface area contributed by atoms with Gasteiger partial charge in [-0.25, -0.2) is 0 Å². The van der Waals surface area contributed by atoms with Crippen molar-refractivity contribution in [1.29, 1.82) is 0 Å². The van der Waals surface area contributed by atoms with E-state index in [0.29, 0.717) is 0 Å². The molecular formula is C15H22F3OPPd. The molecule has 1 nitrogen and oxygen atoms in total. The summed E-state index contributed by atoms with van der Waals surface area (Å²) in [4.78, 5) is 0. The van der Waals surface area contributed by atoms with Crippen LogP contribution in [0.5, 0.6) is 5.75 Å². The van der Waals surface area contributed by atoms with Crippen molar-refractivity contribution in [1.82, 2.24) is 0 Å². The van der Waals surface area contributed by atoms with E-state index in [1.54, 1.807) is 6.07 Å². The number of hydrogen-bond acceptors (Lipinski definition) is 1. The molecule has 0 aromatic heterocycles. The molecule has 21 heavy (non-hydrogen) atoms. The van der Waals surface area contributed by atoms with Crippen molar-refractivity contribution in [3.63, 3.8) is 0 Å². The van der Waals surface area contributed by atoms with Crippen molar-refractivity contribution in [2.75, 3.05) is 0 Å². The number of benzene rings is 1. The fourth-order valence-electron chi connectivity index (χ4n) is 2.60. The zero-order chi connectivity index (χ0) is 15.8. The summed E-state index contributed by atoms with van der Waals surface area (Å²) in [6, 6.07) is 6.39. The van der Waals surface area contributed by atoms with Crippen molar-refractivity contribution in [3.05, 3.63) is 24.3 Å². The number of ether oxygens (including phenoxy) is 1. The summed E-state index contributed by atoms with van der Waals surface area (Å²) < 4.78 is 41.0. The van der Waals surface area contributed by atoms with E-state index in [2.05, 4.69) is 46.3 Å². The Morgan fingerprint density at radius 1 is 0.905 bits per heavy atom. The van der Waals surface area contributed by atoms with E-state index in [4.69, 9.17) is 0 Å². The Kier molecular flexibility index (Phi) is 6.95. The summed E-state index contributed by atoms with van der Waals surface area (Å²) in [5.74, 6) is -0.143. The average Bonchev–Trinajstić information content (AvgIpc) is 2.09. The first kappa shape index (κ1) is 20.9. The molecule has 0 heterocycles. The molecule has 0 bridgehead atoms. The predicted molar refractivity (Wildman–Crippen MR) is 79.2 cm³/mol. The zero-order valence-electron chi connectivity index (χ0n) is 13.1. The van der Waals surface area contributed by atoms with Gasteiger partial charge in [-0.1, -0.05) is 61.6 Å². The largest absolute Gasteiger partial charge is 0.573 e. The van der Waals surface area contributed by atoms with Crippen LogP contribution >= 0.6 is 7.92 Å². The average molecular weight is 413 g/mol. The molecule has 0 spiro atoms. The Morgan fingerprint density at radius 2 is 1.38 bits per heavy atom. The summed E-state index contributed by atoms with van der Waals surface area (Å²) in [6.45, 7) is 12.8. The number of hydrogen-bond donors (Lipinski definition) is 0. The molecule has 0 N–H and O–H groups in total. The third kappa shape index (κ3) is 6.68. The van der Waals surface area contributed by atoms with Gasteiger partial charge in [-0.15, -0.1) is 13.2 Å². The Balaban J connectivity index is 0.00000400. The van der Waals surface area contributed by atoms with Crippen LogP contribution in [0.15, 0.2) is 24.3 Å². The fraction of sp³-hybridized carbons (Fsp3) is 0.600. The van der Waals surface area contributed by atoms with Gasteiger partial charge in [-0.05, 0) is 27.7 Å². The normalized spacial score (nSPS) is 13.0. The fourth-order valence-corrected chi connectivity index (χ4v) is 6.65. The molecule has 0 aliphatic heterocycles. The Bertz CT molecular complexity index is 447. The van der Waals surface area contributed by atoms with E-state index in [0.717, 1.165) is 5.30 Å². The maximum absolute atomic E-state index is 12.3. The molecule has 0 amide bonds. The maximum atomic E-state index is 12.3. The summed E-state index contributed by atoms with van der Waals surface area (Å²) in [6.07, 6.45) is -4.65. The third-order valence-corrected chi connectivity index (χ3v) is 6.13. The second kappa shape index (κ2) is 6.99. The van der Waals surface area contributed by atoms with Gasteiger partial charge < -0.3 is 4.74 Å². The van der Waals surface area contributed by atoms with E-state index in [1.165, 1.54) is 12.1 Å². The van der Waals surface area contributed by atoms with Gasteiger partial charge in [0.2, 0.25) is 0 Å². The van der Waals surface area contributed by atoms with Crippen LogP contribution in [-0.4, -0.2) is 16.7 Å². The van der Waals surface area contributed by atoms with Crippen LogP contribution < -0.4 is 10.0 Å². The van der Waals surface area contributed by atoms with Gasteiger partial charge in [0.05, 0.1) is 0 Å². The van der Waals surface area contributed by atoms with Gasteiger partial charge >= 0.3 is 6.36 Å². The van der Waals surface area contributed by atoms with Gasteiger partial charge in [-0.3, -0.25) is 0 Å². The minimum atomic E-state index is -4.65. The quantitative estimate of drug-likeness (QED) is 0.474. The molecule has 0 atom stereocenters. The van der Waals surface area contributed by atoms with Crippen LogP contribution in [-0.2, 0) is 20.4 Å². The van der Waals surface area contributed by atoms with Crippen LogP contribution in [0.25, 0.3) is 0 Å². The molecular weight excluding hydrogens is 391 g/mol. The summed E-state index contributed by atoms with van der Waals surface area (Å²) in [7, 11) is -0.643. The van der Waals surface area contributed by atoms with Crippen molar-refractivity contribution in [2.45, 2.75) is 58.2 Å². The molecule has 0 fully saturated rings. The van der Waals surface area contributed by atoms with Crippen molar-refractivity contribution in [2.24, 2.45) is 0 Å². The van der Waals surface area contributed by atoms with Gasteiger partial charge in [0.1, 0.15) is 5.75 Å². The minimum absolute atomic E-state index is 0. The molecule has 1 aromatic rings. The van der Waals surface area contributed by atoms with E-state index in [9.17, 15) is 13.2 Å². The van der Waals surface area contributed by atoms with Crippen LogP contribution in [0.3, 0.4) is 0 Å². The first-order valence-corrected chi connectivity index (χ1v) is 7.81. The van der Waals surface area contributed by atoms with Crippen molar-refractivity contribution < 1.29 is 38.3 Å². The molecule has 124 valence electrons. The molecule has 6 heteroatoms. The van der Waals surface area contributed by atoms with Crippen LogP contribution in [0.2, 0.25) is 0 Å². The second-order valence-electron chi connectivity index (χ2n) is 6.72. The number of rotatable bonds is 2. The smallest absolute Gasteiger partial charge is 0.406 e. The first-order valence-electron chi connectivity index (χ1n) is 6.47. The SMILES string of the molecule is CC(C)(C)P(c1cccc(OC(F)(F)F)c1)C(C)(C)C.[Pd]. The molecule has 1 rings (SSSR count). The maximum Gasteiger partial charge on any atom is 0.573 e.